The SMILES string of the molecule is CC(=O)c1ccc(NCC(C)c2nccs2)cc1. The number of nitrogens with zero attached hydrogens (tertiary/aromatic N) is 1. The second-order valence-corrected chi connectivity index (χ2v) is 5.21. The maximum atomic E-state index is 11.2. The van der Waals surface area contributed by atoms with E-state index in [-0.39, 0.29) is 5.78 Å². The lowest BCUT2D eigenvalue weighted by Gasteiger charge is -2.11. The molecule has 0 amide bonds. The van der Waals surface area contributed by atoms with Gasteiger partial charge in [0.25, 0.3) is 0 Å². The van der Waals surface area contributed by atoms with Crippen molar-refractivity contribution in [1.82, 2.24) is 4.98 Å². The average molecular weight is 260 g/mol. The maximum Gasteiger partial charge on any atom is 0.159 e. The Balaban J connectivity index is 1.92. The lowest BCUT2D eigenvalue weighted by molar-refractivity contribution is 0.101. The Morgan fingerprint density at radius 2 is 2.11 bits per heavy atom. The fourth-order valence-corrected chi connectivity index (χ4v) is 2.36. The number of carbonyl (C=O) groups excluding carboxylic acids is 1. The number of nitrogens with one attached hydrogen (secondary N) is 1. The molecule has 3 nitrogen and oxygen atoms in total. The number of carbonyl (C=O) groups is 1. The van der Waals surface area contributed by atoms with Crippen molar-refractivity contribution >= 4 is 22.8 Å². The summed E-state index contributed by atoms with van der Waals surface area (Å²) < 4.78 is 0. The van der Waals surface area contributed by atoms with Crippen molar-refractivity contribution in [2.45, 2.75) is 19.8 Å². The molecule has 1 atom stereocenters. The fourth-order valence-electron chi connectivity index (χ4n) is 1.66. The molecule has 1 heterocycles. The molecule has 94 valence electrons. The molecule has 0 spiro atoms. The quantitative estimate of drug-likeness (QED) is 0.836. The first kappa shape index (κ1) is 12.8. The van der Waals surface area contributed by atoms with Crippen molar-refractivity contribution in [2.24, 2.45) is 0 Å². The van der Waals surface area contributed by atoms with Gasteiger partial charge in [0.15, 0.2) is 5.78 Å². The summed E-state index contributed by atoms with van der Waals surface area (Å²) >= 11 is 1.68. The van der Waals surface area contributed by atoms with Gasteiger partial charge in [-0.2, -0.15) is 0 Å². The van der Waals surface area contributed by atoms with Crippen molar-refractivity contribution < 1.29 is 4.79 Å². The van der Waals surface area contributed by atoms with Crippen LogP contribution in [-0.2, 0) is 0 Å². The van der Waals surface area contributed by atoms with Gasteiger partial charge in [0.2, 0.25) is 0 Å². The third-order valence-corrected chi connectivity index (χ3v) is 3.78. The van der Waals surface area contributed by atoms with E-state index in [1.54, 1.807) is 18.3 Å². The summed E-state index contributed by atoms with van der Waals surface area (Å²) in [6.45, 7) is 4.57. The van der Waals surface area contributed by atoms with Gasteiger partial charge >= 0.3 is 0 Å². The first-order chi connectivity index (χ1) is 8.66. The summed E-state index contributed by atoms with van der Waals surface area (Å²) in [7, 11) is 0. The summed E-state index contributed by atoms with van der Waals surface area (Å²) in [5, 5.41) is 6.49. The van der Waals surface area contributed by atoms with E-state index in [1.165, 1.54) is 0 Å². The molecule has 0 radical (unpaired) electrons. The molecule has 0 saturated carbocycles. The minimum atomic E-state index is 0.0951. The van der Waals surface area contributed by atoms with Gasteiger partial charge < -0.3 is 5.32 Å². The van der Waals surface area contributed by atoms with E-state index in [9.17, 15) is 4.79 Å². The van der Waals surface area contributed by atoms with Crippen LogP contribution in [0.3, 0.4) is 0 Å². The third-order valence-electron chi connectivity index (χ3n) is 2.78. The van der Waals surface area contributed by atoms with E-state index >= 15 is 0 Å². The highest BCUT2D eigenvalue weighted by atomic mass is 32.1. The maximum absolute atomic E-state index is 11.2. The largest absolute Gasteiger partial charge is 0.384 e. The number of rotatable bonds is 5. The summed E-state index contributed by atoms with van der Waals surface area (Å²) in [5.74, 6) is 0.482. The molecule has 1 unspecified atom stereocenters. The molecule has 2 rings (SSSR count). The summed E-state index contributed by atoms with van der Waals surface area (Å²) in [5.41, 5.74) is 1.77. The van der Waals surface area contributed by atoms with Crippen LogP contribution in [0.4, 0.5) is 5.69 Å². The van der Waals surface area contributed by atoms with Gasteiger partial charge in [-0.05, 0) is 31.2 Å². The second kappa shape index (κ2) is 5.78. The van der Waals surface area contributed by atoms with Crippen molar-refractivity contribution in [2.75, 3.05) is 11.9 Å². The molecule has 4 heteroatoms. The molecule has 2 aromatic rings. The van der Waals surface area contributed by atoms with Crippen molar-refractivity contribution in [3.63, 3.8) is 0 Å². The van der Waals surface area contributed by atoms with E-state index in [4.69, 9.17) is 0 Å². The molecular formula is C14H16N2OS. The zero-order valence-corrected chi connectivity index (χ0v) is 11.3. The molecule has 0 bridgehead atoms. The van der Waals surface area contributed by atoms with E-state index < -0.39 is 0 Å². The zero-order chi connectivity index (χ0) is 13.0. The minimum Gasteiger partial charge on any atom is -0.384 e. The highest BCUT2D eigenvalue weighted by Gasteiger charge is 2.07. The lowest BCUT2D eigenvalue weighted by atomic mass is 10.1. The Morgan fingerprint density at radius 1 is 1.39 bits per heavy atom. The van der Waals surface area contributed by atoms with Crippen LogP contribution in [0.25, 0.3) is 0 Å². The Labute approximate surface area is 111 Å². The number of anilines is 1. The van der Waals surface area contributed by atoms with Crippen LogP contribution < -0.4 is 5.32 Å². The highest BCUT2D eigenvalue weighted by Crippen LogP contribution is 2.18. The van der Waals surface area contributed by atoms with E-state index in [1.807, 2.05) is 35.8 Å². The number of aromatic nitrogens is 1. The van der Waals surface area contributed by atoms with Gasteiger partial charge in [-0.3, -0.25) is 4.79 Å². The second-order valence-electron chi connectivity index (χ2n) is 4.29. The molecule has 0 saturated heterocycles. The van der Waals surface area contributed by atoms with Crippen molar-refractivity contribution in [1.29, 1.82) is 0 Å². The summed E-state index contributed by atoms with van der Waals surface area (Å²) in [6.07, 6.45) is 1.83. The van der Waals surface area contributed by atoms with Crippen LogP contribution in [0.1, 0.15) is 35.1 Å². The predicted octanol–water partition coefficient (Wildman–Crippen LogP) is 3.56. The van der Waals surface area contributed by atoms with Crippen molar-refractivity contribution in [3.8, 4) is 0 Å². The zero-order valence-electron chi connectivity index (χ0n) is 10.5. The number of hydrogen-bond donors (Lipinski definition) is 1. The molecular weight excluding hydrogens is 244 g/mol. The third kappa shape index (κ3) is 3.17. The number of Topliss-reactive ketones (excluding diaryl/α,β-unsaturated/α-hetero) is 1. The number of thiazole rings is 1. The first-order valence-corrected chi connectivity index (χ1v) is 6.79. The first-order valence-electron chi connectivity index (χ1n) is 5.91. The number of benzene rings is 1. The fraction of sp³-hybridized carbons (Fsp3) is 0.286. The van der Waals surface area contributed by atoms with Crippen LogP contribution in [0, 0.1) is 0 Å². The van der Waals surface area contributed by atoms with E-state index in [0.29, 0.717) is 5.92 Å². The molecule has 1 aromatic carbocycles. The van der Waals surface area contributed by atoms with Crippen LogP contribution in [0.15, 0.2) is 35.8 Å². The van der Waals surface area contributed by atoms with Gasteiger partial charge in [0.1, 0.15) is 0 Å². The summed E-state index contributed by atoms with van der Waals surface area (Å²) in [6, 6.07) is 7.56. The summed E-state index contributed by atoms with van der Waals surface area (Å²) in [4.78, 5) is 15.5. The monoisotopic (exact) mass is 260 g/mol. The van der Waals surface area contributed by atoms with Crippen LogP contribution in [0.2, 0.25) is 0 Å². The molecule has 0 aliphatic rings. The normalized spacial score (nSPS) is 12.1. The highest BCUT2D eigenvalue weighted by molar-refractivity contribution is 7.09. The predicted molar refractivity (Wildman–Crippen MR) is 75.5 cm³/mol. The van der Waals surface area contributed by atoms with E-state index in [0.717, 1.165) is 22.8 Å². The number of ketones is 1. The molecule has 1 aromatic heterocycles. The van der Waals surface area contributed by atoms with Gasteiger partial charge in [0.05, 0.1) is 5.01 Å². The minimum absolute atomic E-state index is 0.0951. The van der Waals surface area contributed by atoms with Crippen molar-refractivity contribution in [3.05, 3.63) is 46.4 Å². The Kier molecular flexibility index (Phi) is 4.10. The Hall–Kier alpha value is -1.68. The smallest absolute Gasteiger partial charge is 0.159 e. The van der Waals surface area contributed by atoms with Gasteiger partial charge in [-0.1, -0.05) is 6.92 Å². The van der Waals surface area contributed by atoms with Crippen LogP contribution >= 0.6 is 11.3 Å². The van der Waals surface area contributed by atoms with Gasteiger partial charge in [-0.15, -0.1) is 11.3 Å². The van der Waals surface area contributed by atoms with Crippen LogP contribution in [0.5, 0.6) is 0 Å². The molecule has 0 aliphatic heterocycles. The van der Waals surface area contributed by atoms with Crippen LogP contribution in [-0.4, -0.2) is 17.3 Å². The van der Waals surface area contributed by atoms with Gasteiger partial charge in [-0.25, -0.2) is 4.98 Å². The molecule has 18 heavy (non-hydrogen) atoms. The number of hydrogen-bond acceptors (Lipinski definition) is 4. The molecule has 0 aliphatic carbocycles. The Morgan fingerprint density at radius 3 is 2.67 bits per heavy atom. The lowest BCUT2D eigenvalue weighted by Crippen LogP contribution is -2.09. The Bertz CT molecular complexity index is 505. The molecule has 0 fully saturated rings. The molecule has 1 N–H and O–H groups in total. The topological polar surface area (TPSA) is 42.0 Å². The van der Waals surface area contributed by atoms with Gasteiger partial charge in [0, 0.05) is 35.3 Å². The van der Waals surface area contributed by atoms with E-state index in [2.05, 4.69) is 17.2 Å². The standard InChI is InChI=1S/C14H16N2OS/c1-10(14-15-7-8-18-14)9-16-13-5-3-12(4-6-13)11(2)17/h3-8,10,16H,9H2,1-2H3. The average Bonchev–Trinajstić information content (AvgIpc) is 2.90.